The summed E-state index contributed by atoms with van der Waals surface area (Å²) >= 11 is 0. The zero-order chi connectivity index (χ0) is 14.9. The molecule has 1 atom stereocenters. The van der Waals surface area contributed by atoms with Crippen molar-refractivity contribution < 1.29 is 14.3 Å². The van der Waals surface area contributed by atoms with Crippen molar-refractivity contribution in [3.8, 4) is 0 Å². The molecule has 2 aliphatic heterocycles. The number of hydrogen-bond acceptors (Lipinski definition) is 3. The van der Waals surface area contributed by atoms with Crippen molar-refractivity contribution in [2.75, 3.05) is 39.9 Å². The minimum absolute atomic E-state index is 0.0625. The lowest BCUT2D eigenvalue weighted by molar-refractivity contribution is -0.177. The molecule has 6 heteroatoms. The highest BCUT2D eigenvalue weighted by Crippen LogP contribution is 2.38. The van der Waals surface area contributed by atoms with Crippen LogP contribution in [-0.2, 0) is 9.53 Å². The van der Waals surface area contributed by atoms with Gasteiger partial charge in [-0.3, -0.25) is 4.79 Å². The van der Waals surface area contributed by atoms with E-state index < -0.39 is 6.04 Å². The van der Waals surface area contributed by atoms with Gasteiger partial charge in [-0.25, -0.2) is 4.79 Å². The molecule has 2 rings (SSSR count). The highest BCUT2D eigenvalue weighted by molar-refractivity contribution is 5.87. The summed E-state index contributed by atoms with van der Waals surface area (Å²) in [7, 11) is 1.71. The number of rotatable bonds is 4. The molecule has 0 radical (unpaired) electrons. The van der Waals surface area contributed by atoms with E-state index in [1.54, 1.807) is 16.8 Å². The monoisotopic (exact) mass is 283 g/mol. The fourth-order valence-corrected chi connectivity index (χ4v) is 3.02. The van der Waals surface area contributed by atoms with Crippen LogP contribution < -0.4 is 5.32 Å². The fourth-order valence-electron chi connectivity index (χ4n) is 3.02. The first-order chi connectivity index (χ1) is 9.40. The molecule has 114 valence electrons. The van der Waals surface area contributed by atoms with Crippen LogP contribution in [0.1, 0.15) is 20.8 Å². The molecule has 0 aromatic heterocycles. The number of nitrogens with zero attached hydrogens (tertiary/aromatic N) is 2. The second-order valence-electron chi connectivity index (χ2n) is 6.33. The van der Waals surface area contributed by atoms with E-state index in [1.165, 1.54) is 0 Å². The summed E-state index contributed by atoms with van der Waals surface area (Å²) in [4.78, 5) is 27.9. The van der Waals surface area contributed by atoms with Crippen molar-refractivity contribution in [2.45, 2.75) is 26.8 Å². The van der Waals surface area contributed by atoms with Crippen molar-refractivity contribution >= 4 is 11.9 Å². The molecular weight excluding hydrogens is 258 g/mol. The zero-order valence-corrected chi connectivity index (χ0v) is 12.8. The predicted octanol–water partition coefficient (Wildman–Crippen LogP) is 0.531. The normalized spacial score (nSPS) is 21.1. The quantitative estimate of drug-likeness (QED) is 0.819. The van der Waals surface area contributed by atoms with Gasteiger partial charge in [0.1, 0.15) is 6.04 Å². The Labute approximate surface area is 120 Å². The molecule has 2 heterocycles. The maximum absolute atomic E-state index is 12.4. The number of hydrogen-bond donors (Lipinski definition) is 1. The fraction of sp³-hybridized carbons (Fsp3) is 0.857. The van der Waals surface area contributed by atoms with E-state index in [0.717, 1.165) is 26.3 Å². The van der Waals surface area contributed by atoms with E-state index in [0.29, 0.717) is 6.54 Å². The Morgan fingerprint density at radius 3 is 2.35 bits per heavy atom. The van der Waals surface area contributed by atoms with Crippen LogP contribution in [0, 0.1) is 11.3 Å². The summed E-state index contributed by atoms with van der Waals surface area (Å²) in [6.45, 7) is 9.38. The van der Waals surface area contributed by atoms with Crippen LogP contribution >= 0.6 is 0 Å². The molecule has 2 aliphatic rings. The first-order valence-corrected chi connectivity index (χ1v) is 7.27. The lowest BCUT2D eigenvalue weighted by Gasteiger charge is -2.55. The molecule has 0 saturated carbocycles. The van der Waals surface area contributed by atoms with E-state index in [4.69, 9.17) is 4.74 Å². The Balaban J connectivity index is 1.95. The molecule has 20 heavy (non-hydrogen) atoms. The minimum Gasteiger partial charge on any atom is -0.380 e. The SMILES string of the molecule is CCNC(=O)C(C(C)C)N(C)C(=O)N1CC2(COC2)C1. The highest BCUT2D eigenvalue weighted by atomic mass is 16.5. The number of urea groups is 1. The number of likely N-dealkylation sites (tertiary alicyclic amines) is 1. The van der Waals surface area contributed by atoms with Gasteiger partial charge in [-0.15, -0.1) is 0 Å². The Bertz CT molecular complexity index is 385. The smallest absolute Gasteiger partial charge is 0.320 e. The zero-order valence-electron chi connectivity index (χ0n) is 12.8. The molecule has 0 aromatic carbocycles. The Morgan fingerprint density at radius 2 is 1.95 bits per heavy atom. The van der Waals surface area contributed by atoms with Gasteiger partial charge >= 0.3 is 6.03 Å². The number of ether oxygens (including phenoxy) is 1. The lowest BCUT2D eigenvalue weighted by Crippen LogP contribution is -2.69. The molecule has 1 unspecified atom stereocenters. The number of amides is 3. The van der Waals surface area contributed by atoms with E-state index >= 15 is 0 Å². The van der Waals surface area contributed by atoms with E-state index in [9.17, 15) is 9.59 Å². The maximum atomic E-state index is 12.4. The maximum Gasteiger partial charge on any atom is 0.320 e. The van der Waals surface area contributed by atoms with Gasteiger partial charge in [0, 0.05) is 26.7 Å². The van der Waals surface area contributed by atoms with Crippen LogP contribution in [0.5, 0.6) is 0 Å². The molecule has 2 saturated heterocycles. The van der Waals surface area contributed by atoms with Crippen LogP contribution in [0.4, 0.5) is 4.79 Å². The van der Waals surface area contributed by atoms with Crippen LogP contribution in [0.25, 0.3) is 0 Å². The molecular formula is C14H25N3O3. The van der Waals surface area contributed by atoms with Gasteiger partial charge in [0.2, 0.25) is 5.91 Å². The Morgan fingerprint density at radius 1 is 1.35 bits per heavy atom. The van der Waals surface area contributed by atoms with E-state index in [1.807, 2.05) is 20.8 Å². The van der Waals surface area contributed by atoms with Crippen molar-refractivity contribution in [3.05, 3.63) is 0 Å². The largest absolute Gasteiger partial charge is 0.380 e. The molecule has 0 aromatic rings. The van der Waals surface area contributed by atoms with Crippen LogP contribution in [0.15, 0.2) is 0 Å². The van der Waals surface area contributed by atoms with Crippen molar-refractivity contribution in [1.82, 2.24) is 15.1 Å². The molecule has 1 spiro atoms. The Kier molecular flexibility index (Phi) is 4.22. The Hall–Kier alpha value is -1.30. The second-order valence-corrected chi connectivity index (χ2v) is 6.33. The third-order valence-corrected chi connectivity index (χ3v) is 4.11. The third kappa shape index (κ3) is 2.61. The van der Waals surface area contributed by atoms with E-state index in [2.05, 4.69) is 5.32 Å². The molecule has 0 aliphatic carbocycles. The van der Waals surface area contributed by atoms with Crippen LogP contribution in [-0.4, -0.2) is 67.7 Å². The topological polar surface area (TPSA) is 61.9 Å². The molecule has 6 nitrogen and oxygen atoms in total. The van der Waals surface area contributed by atoms with E-state index in [-0.39, 0.29) is 23.3 Å². The van der Waals surface area contributed by atoms with Gasteiger partial charge in [0.25, 0.3) is 0 Å². The standard InChI is InChI=1S/C14H25N3O3/c1-5-15-12(18)11(10(2)3)16(4)13(19)17-6-14(7-17)8-20-9-14/h10-11H,5-9H2,1-4H3,(H,15,18). The van der Waals surface area contributed by atoms with Crippen molar-refractivity contribution in [3.63, 3.8) is 0 Å². The summed E-state index contributed by atoms with van der Waals surface area (Å²) in [6.07, 6.45) is 0. The average molecular weight is 283 g/mol. The average Bonchev–Trinajstić information content (AvgIpc) is 2.24. The van der Waals surface area contributed by atoms with Gasteiger partial charge in [-0.1, -0.05) is 13.8 Å². The minimum atomic E-state index is -0.420. The molecule has 1 N–H and O–H groups in total. The molecule has 3 amide bonds. The number of carbonyl (C=O) groups excluding carboxylic acids is 2. The number of carbonyl (C=O) groups is 2. The molecule has 2 fully saturated rings. The van der Waals surface area contributed by atoms with Gasteiger partial charge < -0.3 is 19.9 Å². The van der Waals surface area contributed by atoms with Gasteiger partial charge in [-0.05, 0) is 12.8 Å². The summed E-state index contributed by atoms with van der Waals surface area (Å²) in [5.41, 5.74) is 0.204. The summed E-state index contributed by atoms with van der Waals surface area (Å²) < 4.78 is 5.21. The van der Waals surface area contributed by atoms with Crippen molar-refractivity contribution in [1.29, 1.82) is 0 Å². The van der Waals surface area contributed by atoms with Gasteiger partial charge in [-0.2, -0.15) is 0 Å². The number of likely N-dealkylation sites (N-methyl/N-ethyl adjacent to an activating group) is 2. The summed E-state index contributed by atoms with van der Waals surface area (Å²) in [5, 5.41) is 2.80. The molecule has 0 bridgehead atoms. The first-order valence-electron chi connectivity index (χ1n) is 7.27. The number of nitrogens with one attached hydrogen (secondary N) is 1. The summed E-state index contributed by atoms with van der Waals surface area (Å²) in [6, 6.07) is -0.482. The van der Waals surface area contributed by atoms with Crippen LogP contribution in [0.3, 0.4) is 0 Å². The summed E-state index contributed by atoms with van der Waals surface area (Å²) in [5.74, 6) is -0.00154. The third-order valence-electron chi connectivity index (χ3n) is 4.11. The van der Waals surface area contributed by atoms with Crippen molar-refractivity contribution in [2.24, 2.45) is 11.3 Å². The predicted molar refractivity (Wildman–Crippen MR) is 75.3 cm³/mol. The first kappa shape index (κ1) is 15.1. The van der Waals surface area contributed by atoms with Crippen LogP contribution in [0.2, 0.25) is 0 Å². The lowest BCUT2D eigenvalue weighted by atomic mass is 9.78. The van der Waals surface area contributed by atoms with Gasteiger partial charge in [0.05, 0.1) is 18.6 Å². The highest BCUT2D eigenvalue weighted by Gasteiger charge is 2.51. The second kappa shape index (κ2) is 5.60. The van der Waals surface area contributed by atoms with Gasteiger partial charge in [0.15, 0.2) is 0 Å².